The highest BCUT2D eigenvalue weighted by atomic mass is 16.2. The molecule has 0 radical (unpaired) electrons. The number of fused-ring (bicyclic) bond motifs is 1. The smallest absolute Gasteiger partial charge is 0.273 e. The summed E-state index contributed by atoms with van der Waals surface area (Å²) in [6.07, 6.45) is 5.69. The van der Waals surface area contributed by atoms with Gasteiger partial charge in [-0.15, -0.1) is 0 Å². The molecule has 2 heterocycles. The molecule has 28 heavy (non-hydrogen) atoms. The van der Waals surface area contributed by atoms with Gasteiger partial charge in [0.1, 0.15) is 11.2 Å². The highest BCUT2D eigenvalue weighted by molar-refractivity contribution is 6.07. The third kappa shape index (κ3) is 3.64. The Morgan fingerprint density at radius 2 is 1.93 bits per heavy atom. The summed E-state index contributed by atoms with van der Waals surface area (Å²) in [5.74, 6) is -0.867. The van der Waals surface area contributed by atoms with E-state index < -0.39 is 11.1 Å². The van der Waals surface area contributed by atoms with Crippen LogP contribution in [0.3, 0.4) is 0 Å². The van der Waals surface area contributed by atoms with E-state index >= 15 is 0 Å². The number of hydrogen-bond donors (Lipinski definition) is 2. The van der Waals surface area contributed by atoms with E-state index in [0.29, 0.717) is 6.54 Å². The summed E-state index contributed by atoms with van der Waals surface area (Å²) in [7, 11) is 0. The third-order valence-electron chi connectivity index (χ3n) is 5.56. The highest BCUT2D eigenvalue weighted by Gasteiger charge is 2.48. The van der Waals surface area contributed by atoms with Crippen molar-refractivity contribution in [2.45, 2.75) is 84.0 Å². The Kier molecular flexibility index (Phi) is 5.25. The number of carbonyl (C=O) groups is 3. The van der Waals surface area contributed by atoms with Gasteiger partial charge in [0.25, 0.3) is 11.8 Å². The lowest BCUT2D eigenvalue weighted by Crippen LogP contribution is -2.64. The number of nitrogens with zero attached hydrogens (tertiary/aromatic N) is 3. The lowest BCUT2D eigenvalue weighted by atomic mass is 9.93. The number of carbonyl (C=O) groups excluding carboxylic acids is 3. The summed E-state index contributed by atoms with van der Waals surface area (Å²) in [5.41, 5.74) is -1.10. The summed E-state index contributed by atoms with van der Waals surface area (Å²) in [5, 5.41) is 5.97. The molecule has 3 amide bonds. The Hall–Kier alpha value is -2.38. The number of nitrogens with one attached hydrogen (secondary N) is 2. The fourth-order valence-electron chi connectivity index (χ4n) is 4.16. The van der Waals surface area contributed by atoms with Crippen LogP contribution in [0.5, 0.6) is 0 Å². The maximum Gasteiger partial charge on any atom is 0.273 e. The first-order valence-corrected chi connectivity index (χ1v) is 10.1. The molecule has 2 N–H and O–H groups in total. The minimum atomic E-state index is -1.01. The molecular weight excluding hydrogens is 358 g/mol. The second-order valence-corrected chi connectivity index (χ2v) is 9.05. The molecule has 1 aromatic heterocycles. The van der Waals surface area contributed by atoms with Gasteiger partial charge in [-0.25, -0.2) is 4.98 Å². The molecule has 0 bridgehead atoms. The quantitative estimate of drug-likeness (QED) is 0.819. The topological polar surface area (TPSA) is 96.3 Å². The second kappa shape index (κ2) is 7.22. The first-order valence-electron chi connectivity index (χ1n) is 10.1. The average Bonchev–Trinajstić information content (AvgIpc) is 3.23. The predicted molar refractivity (Wildman–Crippen MR) is 105 cm³/mol. The van der Waals surface area contributed by atoms with Crippen molar-refractivity contribution in [3.8, 4) is 0 Å². The van der Waals surface area contributed by atoms with Crippen molar-refractivity contribution in [2.75, 3.05) is 6.54 Å². The van der Waals surface area contributed by atoms with Crippen LogP contribution in [0.25, 0.3) is 0 Å². The van der Waals surface area contributed by atoms with Crippen LogP contribution >= 0.6 is 0 Å². The van der Waals surface area contributed by atoms with Gasteiger partial charge in [-0.2, -0.15) is 0 Å². The molecule has 1 unspecified atom stereocenters. The molecule has 1 aliphatic heterocycles. The van der Waals surface area contributed by atoms with Crippen LogP contribution < -0.4 is 10.6 Å². The zero-order chi connectivity index (χ0) is 20.7. The van der Waals surface area contributed by atoms with E-state index in [-0.39, 0.29) is 41.7 Å². The molecule has 0 saturated heterocycles. The van der Waals surface area contributed by atoms with Crippen LogP contribution in [0.15, 0.2) is 6.33 Å². The van der Waals surface area contributed by atoms with Crippen molar-refractivity contribution >= 4 is 17.7 Å². The van der Waals surface area contributed by atoms with Gasteiger partial charge < -0.3 is 20.1 Å². The minimum Gasteiger partial charge on any atom is -0.351 e. The summed E-state index contributed by atoms with van der Waals surface area (Å²) in [6.45, 7) is 9.90. The van der Waals surface area contributed by atoms with Gasteiger partial charge in [0.05, 0.1) is 12.9 Å². The van der Waals surface area contributed by atoms with Crippen LogP contribution in [0.4, 0.5) is 0 Å². The number of hydrogen-bond acceptors (Lipinski definition) is 4. The van der Waals surface area contributed by atoms with E-state index in [1.165, 1.54) is 6.33 Å². The van der Waals surface area contributed by atoms with Gasteiger partial charge >= 0.3 is 0 Å². The first-order chi connectivity index (χ1) is 13.1. The van der Waals surface area contributed by atoms with Crippen LogP contribution in [-0.4, -0.2) is 55.8 Å². The molecule has 2 aliphatic rings. The summed E-state index contributed by atoms with van der Waals surface area (Å²) >= 11 is 0. The van der Waals surface area contributed by atoms with E-state index in [0.717, 1.165) is 25.7 Å². The maximum atomic E-state index is 13.3. The zero-order valence-electron chi connectivity index (χ0n) is 17.5. The third-order valence-corrected chi connectivity index (χ3v) is 5.56. The Labute approximate surface area is 166 Å². The lowest BCUT2D eigenvalue weighted by molar-refractivity contribution is -0.133. The Balaban J connectivity index is 1.90. The average molecular weight is 390 g/mol. The predicted octanol–water partition coefficient (Wildman–Crippen LogP) is 1.70. The lowest BCUT2D eigenvalue weighted by Gasteiger charge is -2.43. The van der Waals surface area contributed by atoms with E-state index in [4.69, 9.17) is 0 Å². The molecule has 1 saturated carbocycles. The van der Waals surface area contributed by atoms with Crippen molar-refractivity contribution in [1.29, 1.82) is 0 Å². The number of aromatic nitrogens is 2. The number of rotatable bonds is 4. The molecule has 1 aromatic rings. The number of amides is 3. The molecular formula is C20H31N5O3. The Morgan fingerprint density at radius 1 is 1.29 bits per heavy atom. The minimum absolute atomic E-state index is 0.108. The van der Waals surface area contributed by atoms with Crippen LogP contribution in [-0.2, 0) is 11.3 Å². The van der Waals surface area contributed by atoms with Gasteiger partial charge in [0.2, 0.25) is 5.91 Å². The molecule has 1 fully saturated rings. The number of imidazole rings is 1. The van der Waals surface area contributed by atoms with Crippen molar-refractivity contribution < 1.29 is 14.4 Å². The largest absolute Gasteiger partial charge is 0.351 e. The Morgan fingerprint density at radius 3 is 2.50 bits per heavy atom. The zero-order valence-corrected chi connectivity index (χ0v) is 17.5. The maximum absolute atomic E-state index is 13.3. The van der Waals surface area contributed by atoms with Crippen molar-refractivity contribution in [3.63, 3.8) is 0 Å². The molecule has 1 aliphatic carbocycles. The molecule has 154 valence electrons. The van der Waals surface area contributed by atoms with Gasteiger partial charge in [0, 0.05) is 18.1 Å². The van der Waals surface area contributed by atoms with E-state index in [1.807, 2.05) is 27.7 Å². The van der Waals surface area contributed by atoms with Crippen molar-refractivity contribution in [2.24, 2.45) is 0 Å². The van der Waals surface area contributed by atoms with Crippen molar-refractivity contribution in [3.05, 3.63) is 17.7 Å². The standard InChI is InChI=1S/C20H31N5O3/c1-6-25-17(27)15-14(16(26)23-19(2,3)4)21-12-24(15)11-20(25,5)18(28)22-13-9-7-8-10-13/h12-13H,6-11H2,1-5H3,(H,22,28)(H,23,26). The summed E-state index contributed by atoms with van der Waals surface area (Å²) < 4.78 is 1.64. The molecule has 8 nitrogen and oxygen atoms in total. The fourth-order valence-corrected chi connectivity index (χ4v) is 4.16. The summed E-state index contributed by atoms with van der Waals surface area (Å²) in [6, 6.07) is 0.176. The Bertz CT molecular complexity index is 788. The van der Waals surface area contributed by atoms with E-state index in [1.54, 1.807) is 16.4 Å². The van der Waals surface area contributed by atoms with Gasteiger partial charge in [-0.1, -0.05) is 12.8 Å². The summed E-state index contributed by atoms with van der Waals surface area (Å²) in [4.78, 5) is 44.8. The van der Waals surface area contributed by atoms with Crippen LogP contribution in [0.2, 0.25) is 0 Å². The van der Waals surface area contributed by atoms with Crippen LogP contribution in [0, 0.1) is 0 Å². The van der Waals surface area contributed by atoms with E-state index in [2.05, 4.69) is 15.6 Å². The number of likely N-dealkylation sites (N-methyl/N-ethyl adjacent to an activating group) is 1. The highest BCUT2D eigenvalue weighted by Crippen LogP contribution is 2.29. The molecule has 8 heteroatoms. The van der Waals surface area contributed by atoms with Gasteiger partial charge in [-0.3, -0.25) is 14.4 Å². The van der Waals surface area contributed by atoms with Crippen LogP contribution in [0.1, 0.15) is 81.3 Å². The molecule has 1 atom stereocenters. The van der Waals surface area contributed by atoms with Gasteiger partial charge in [0.15, 0.2) is 5.69 Å². The molecule has 3 rings (SSSR count). The fraction of sp³-hybridized carbons (Fsp3) is 0.700. The SMILES string of the molecule is CCN1C(=O)c2c(C(=O)NC(C)(C)C)ncn2CC1(C)C(=O)NC1CCCC1. The van der Waals surface area contributed by atoms with Crippen molar-refractivity contribution in [1.82, 2.24) is 25.1 Å². The van der Waals surface area contributed by atoms with Gasteiger partial charge in [-0.05, 0) is 47.5 Å². The first kappa shape index (κ1) is 20.4. The normalized spacial score (nSPS) is 22.9. The molecule has 0 aromatic carbocycles. The van der Waals surface area contributed by atoms with E-state index in [9.17, 15) is 14.4 Å². The second-order valence-electron chi connectivity index (χ2n) is 9.05. The monoisotopic (exact) mass is 389 g/mol. The molecule has 0 spiro atoms.